The number of thioether (sulfide) groups is 1. The maximum absolute atomic E-state index is 11.7. The third-order valence-corrected chi connectivity index (χ3v) is 4.76. The molecule has 1 rings (SSSR count). The number of urea groups is 1. The van der Waals surface area contributed by atoms with Crippen LogP contribution >= 0.6 is 23.1 Å². The molecule has 0 fully saturated rings. The first kappa shape index (κ1) is 15.8. The molecular weight excluding hydrogens is 284 g/mol. The zero-order chi connectivity index (χ0) is 14.5. The first-order valence-electron chi connectivity index (χ1n) is 5.71. The molecule has 0 saturated carbocycles. The van der Waals surface area contributed by atoms with Gasteiger partial charge in [-0.3, -0.25) is 0 Å². The number of rotatable bonds is 6. The van der Waals surface area contributed by atoms with Gasteiger partial charge in [-0.1, -0.05) is 6.07 Å². The molecule has 19 heavy (non-hydrogen) atoms. The van der Waals surface area contributed by atoms with Crippen LogP contribution in [0.15, 0.2) is 17.5 Å². The summed E-state index contributed by atoms with van der Waals surface area (Å²) in [6.07, 6.45) is 1.96. The number of carboxylic acids is 1. The van der Waals surface area contributed by atoms with Gasteiger partial charge < -0.3 is 15.7 Å². The van der Waals surface area contributed by atoms with Crippen LogP contribution in [0.2, 0.25) is 0 Å². The van der Waals surface area contributed by atoms with Crippen molar-refractivity contribution in [1.82, 2.24) is 10.6 Å². The molecule has 0 aromatic carbocycles. The van der Waals surface area contributed by atoms with Crippen LogP contribution in [-0.4, -0.2) is 34.7 Å². The monoisotopic (exact) mass is 302 g/mol. The molecule has 7 heteroatoms. The van der Waals surface area contributed by atoms with E-state index in [0.717, 1.165) is 0 Å². The Hall–Kier alpha value is -1.21. The summed E-state index contributed by atoms with van der Waals surface area (Å²) >= 11 is 2.94. The quantitative estimate of drug-likeness (QED) is 0.753. The number of carboxylic acid groups (broad SMARTS) is 1. The maximum Gasteiger partial charge on any atom is 0.331 e. The molecule has 1 aromatic rings. The Morgan fingerprint density at radius 2 is 2.21 bits per heavy atom. The number of hydrogen-bond acceptors (Lipinski definition) is 4. The van der Waals surface area contributed by atoms with Gasteiger partial charge in [0.25, 0.3) is 0 Å². The molecule has 5 nitrogen and oxygen atoms in total. The lowest BCUT2D eigenvalue weighted by atomic mass is 10.2. The predicted octanol–water partition coefficient (Wildman–Crippen LogP) is 2.31. The average Bonchev–Trinajstić information content (AvgIpc) is 2.86. The van der Waals surface area contributed by atoms with E-state index in [2.05, 4.69) is 10.6 Å². The van der Waals surface area contributed by atoms with E-state index in [0.29, 0.717) is 11.4 Å². The van der Waals surface area contributed by atoms with E-state index >= 15 is 0 Å². The summed E-state index contributed by atoms with van der Waals surface area (Å²) in [5.41, 5.74) is 0. The van der Waals surface area contributed by atoms with E-state index in [1.165, 1.54) is 11.3 Å². The van der Waals surface area contributed by atoms with Gasteiger partial charge in [-0.05, 0) is 31.5 Å². The molecule has 0 aliphatic heterocycles. The van der Waals surface area contributed by atoms with Crippen molar-refractivity contribution in [3.8, 4) is 0 Å². The minimum absolute atomic E-state index is 0.0843. The summed E-state index contributed by atoms with van der Waals surface area (Å²) in [6, 6.07) is 1.97. The number of thiophene rings is 1. The van der Waals surface area contributed by atoms with Crippen molar-refractivity contribution in [2.24, 2.45) is 0 Å². The van der Waals surface area contributed by atoms with Crippen LogP contribution in [0.1, 0.15) is 24.8 Å². The number of amides is 2. The fourth-order valence-corrected chi connectivity index (χ4v) is 2.24. The summed E-state index contributed by atoms with van der Waals surface area (Å²) in [5.74, 6) is -1.07. The topological polar surface area (TPSA) is 78.4 Å². The largest absolute Gasteiger partial charge is 0.479 e. The third kappa shape index (κ3) is 5.12. The molecule has 0 radical (unpaired) electrons. The summed E-state index contributed by atoms with van der Waals surface area (Å²) < 4.78 is -0.0843. The van der Waals surface area contributed by atoms with E-state index in [1.54, 1.807) is 29.3 Å². The number of carbonyl (C=O) groups excluding carboxylic acids is 1. The normalized spacial score (nSPS) is 12.8. The van der Waals surface area contributed by atoms with Crippen molar-refractivity contribution in [2.75, 3.05) is 12.8 Å². The average molecular weight is 302 g/mol. The molecule has 0 bridgehead atoms. The summed E-state index contributed by atoms with van der Waals surface area (Å²) in [7, 11) is 0. The second-order valence-corrected chi connectivity index (χ2v) is 7.07. The second-order valence-electron chi connectivity index (χ2n) is 4.58. The van der Waals surface area contributed by atoms with Crippen molar-refractivity contribution in [3.63, 3.8) is 0 Å². The first-order valence-corrected chi connectivity index (χ1v) is 7.82. The first-order chi connectivity index (χ1) is 8.85. The van der Waals surface area contributed by atoms with Gasteiger partial charge >= 0.3 is 12.0 Å². The molecule has 1 aromatic heterocycles. The highest BCUT2D eigenvalue weighted by Gasteiger charge is 2.24. The molecule has 3 N–H and O–H groups in total. The molecular formula is C12H18N2O3S2. The van der Waals surface area contributed by atoms with Gasteiger partial charge in [-0.25, -0.2) is 9.59 Å². The Balaban J connectivity index is 2.56. The molecule has 0 aliphatic rings. The Labute approximate surface area is 120 Å². The molecule has 106 valence electrons. The Kier molecular flexibility index (Phi) is 5.68. The van der Waals surface area contributed by atoms with Crippen molar-refractivity contribution < 1.29 is 14.7 Å². The van der Waals surface area contributed by atoms with Gasteiger partial charge in [-0.15, -0.1) is 11.3 Å². The van der Waals surface area contributed by atoms with Crippen LogP contribution in [0.4, 0.5) is 4.79 Å². The van der Waals surface area contributed by atoms with Crippen LogP contribution in [0.25, 0.3) is 0 Å². The Morgan fingerprint density at radius 3 is 2.68 bits per heavy atom. The smallest absolute Gasteiger partial charge is 0.331 e. The highest BCUT2D eigenvalue weighted by Crippen LogP contribution is 2.20. The van der Waals surface area contributed by atoms with Crippen LogP contribution < -0.4 is 10.6 Å². The van der Waals surface area contributed by atoms with Gasteiger partial charge in [0.1, 0.15) is 0 Å². The molecule has 1 atom stereocenters. The van der Waals surface area contributed by atoms with E-state index in [1.807, 2.05) is 20.1 Å². The SMILES string of the molecule is CSC(C)(C)CNC(=O)NC(C(=O)O)c1cccs1. The van der Waals surface area contributed by atoms with E-state index < -0.39 is 18.0 Å². The van der Waals surface area contributed by atoms with Crippen molar-refractivity contribution in [2.45, 2.75) is 24.6 Å². The minimum atomic E-state index is -1.07. The van der Waals surface area contributed by atoms with Gasteiger partial charge in [0.2, 0.25) is 0 Å². The van der Waals surface area contributed by atoms with Crippen LogP contribution in [0.5, 0.6) is 0 Å². The van der Waals surface area contributed by atoms with Crippen molar-refractivity contribution >= 4 is 35.1 Å². The lowest BCUT2D eigenvalue weighted by Crippen LogP contribution is -2.44. The lowest BCUT2D eigenvalue weighted by Gasteiger charge is -2.23. The zero-order valence-corrected chi connectivity index (χ0v) is 12.7. The lowest BCUT2D eigenvalue weighted by molar-refractivity contribution is -0.139. The number of carbonyl (C=O) groups is 2. The van der Waals surface area contributed by atoms with Crippen LogP contribution in [0, 0.1) is 0 Å². The number of aliphatic carboxylic acids is 1. The fourth-order valence-electron chi connectivity index (χ4n) is 1.26. The predicted molar refractivity (Wildman–Crippen MR) is 78.8 cm³/mol. The maximum atomic E-state index is 11.7. The molecule has 1 heterocycles. The summed E-state index contributed by atoms with van der Waals surface area (Å²) in [5, 5.41) is 16.1. The Bertz CT molecular complexity index is 432. The van der Waals surface area contributed by atoms with Crippen molar-refractivity contribution in [3.05, 3.63) is 22.4 Å². The standard InChI is InChI=1S/C12H18N2O3S2/c1-12(2,18-3)7-13-11(17)14-9(10(15)16)8-5-4-6-19-8/h4-6,9H,7H2,1-3H3,(H,15,16)(H2,13,14,17). The van der Waals surface area contributed by atoms with E-state index in [-0.39, 0.29) is 4.75 Å². The van der Waals surface area contributed by atoms with Crippen molar-refractivity contribution in [1.29, 1.82) is 0 Å². The summed E-state index contributed by atoms with van der Waals surface area (Å²) in [4.78, 5) is 23.5. The molecule has 0 spiro atoms. The van der Waals surface area contributed by atoms with Gasteiger partial charge in [-0.2, -0.15) is 11.8 Å². The van der Waals surface area contributed by atoms with E-state index in [9.17, 15) is 9.59 Å². The molecule has 0 aliphatic carbocycles. The highest BCUT2D eigenvalue weighted by molar-refractivity contribution is 7.99. The Morgan fingerprint density at radius 1 is 1.53 bits per heavy atom. The number of hydrogen-bond donors (Lipinski definition) is 3. The third-order valence-electron chi connectivity index (χ3n) is 2.58. The van der Waals surface area contributed by atoms with Gasteiger partial charge in [0.05, 0.1) is 0 Å². The molecule has 0 saturated heterocycles. The zero-order valence-electron chi connectivity index (χ0n) is 11.1. The summed E-state index contributed by atoms with van der Waals surface area (Å²) in [6.45, 7) is 4.48. The second kappa shape index (κ2) is 6.81. The minimum Gasteiger partial charge on any atom is -0.479 e. The number of nitrogens with one attached hydrogen (secondary N) is 2. The fraction of sp³-hybridized carbons (Fsp3) is 0.500. The molecule has 1 unspecified atom stereocenters. The highest BCUT2D eigenvalue weighted by atomic mass is 32.2. The van der Waals surface area contributed by atoms with Gasteiger partial charge in [0, 0.05) is 16.2 Å². The van der Waals surface area contributed by atoms with Crippen LogP contribution in [0.3, 0.4) is 0 Å². The van der Waals surface area contributed by atoms with Crippen LogP contribution in [-0.2, 0) is 4.79 Å². The van der Waals surface area contributed by atoms with E-state index in [4.69, 9.17) is 5.11 Å². The molecule has 2 amide bonds. The van der Waals surface area contributed by atoms with Gasteiger partial charge in [0.15, 0.2) is 6.04 Å².